The van der Waals surface area contributed by atoms with Gasteiger partial charge in [-0.05, 0) is 24.3 Å². The normalized spacial score (nSPS) is 10.3. The van der Waals surface area contributed by atoms with Gasteiger partial charge in [0.05, 0.1) is 5.56 Å². The molecular formula is C11H11N3O2. The van der Waals surface area contributed by atoms with Gasteiger partial charge in [-0.15, -0.1) is 10.2 Å². The van der Waals surface area contributed by atoms with E-state index in [2.05, 4.69) is 10.2 Å². The van der Waals surface area contributed by atoms with Crippen molar-refractivity contribution in [3.05, 3.63) is 42.0 Å². The van der Waals surface area contributed by atoms with Crippen molar-refractivity contribution in [3.8, 4) is 5.69 Å². The quantitative estimate of drug-likeness (QED) is 0.846. The van der Waals surface area contributed by atoms with Gasteiger partial charge in [-0.3, -0.25) is 4.57 Å². The fraction of sp³-hybridized carbons (Fsp3) is 0.182. The lowest BCUT2D eigenvalue weighted by atomic mass is 10.2. The van der Waals surface area contributed by atoms with Crippen molar-refractivity contribution in [3.63, 3.8) is 0 Å². The summed E-state index contributed by atoms with van der Waals surface area (Å²) in [5.41, 5.74) is 1.14. The molecule has 82 valence electrons. The van der Waals surface area contributed by atoms with E-state index in [-0.39, 0.29) is 5.56 Å². The molecule has 0 aliphatic rings. The van der Waals surface area contributed by atoms with Gasteiger partial charge in [-0.1, -0.05) is 6.92 Å². The van der Waals surface area contributed by atoms with Crippen molar-refractivity contribution < 1.29 is 9.90 Å². The molecule has 0 spiro atoms. The highest BCUT2D eigenvalue weighted by Gasteiger charge is 2.06. The third-order valence-corrected chi connectivity index (χ3v) is 2.33. The minimum atomic E-state index is -0.925. The van der Waals surface area contributed by atoms with E-state index in [1.54, 1.807) is 30.6 Å². The van der Waals surface area contributed by atoms with Crippen molar-refractivity contribution in [2.24, 2.45) is 0 Å². The molecule has 0 aliphatic heterocycles. The molecule has 0 saturated heterocycles. The lowest BCUT2D eigenvalue weighted by Gasteiger charge is -2.04. The zero-order chi connectivity index (χ0) is 11.5. The van der Waals surface area contributed by atoms with E-state index in [1.165, 1.54) is 0 Å². The van der Waals surface area contributed by atoms with E-state index in [9.17, 15) is 4.79 Å². The lowest BCUT2D eigenvalue weighted by Crippen LogP contribution is -2.00. The van der Waals surface area contributed by atoms with Gasteiger partial charge in [0.15, 0.2) is 0 Å². The number of aromatic carboxylic acids is 1. The second-order valence-corrected chi connectivity index (χ2v) is 3.32. The summed E-state index contributed by atoms with van der Waals surface area (Å²) < 4.78 is 1.84. The number of rotatable bonds is 3. The van der Waals surface area contributed by atoms with Crippen LogP contribution < -0.4 is 0 Å². The highest BCUT2D eigenvalue weighted by Crippen LogP contribution is 2.11. The van der Waals surface area contributed by atoms with Crippen LogP contribution in [0.25, 0.3) is 5.69 Å². The summed E-state index contributed by atoms with van der Waals surface area (Å²) in [6.07, 6.45) is 2.40. The van der Waals surface area contributed by atoms with Gasteiger partial charge in [0.25, 0.3) is 0 Å². The van der Waals surface area contributed by atoms with Crippen LogP contribution in [0.3, 0.4) is 0 Å². The Balaban J connectivity index is 2.38. The van der Waals surface area contributed by atoms with Crippen molar-refractivity contribution >= 4 is 5.97 Å². The topological polar surface area (TPSA) is 68.0 Å². The van der Waals surface area contributed by atoms with Gasteiger partial charge in [-0.25, -0.2) is 4.79 Å². The van der Waals surface area contributed by atoms with Gasteiger partial charge in [-0.2, -0.15) is 0 Å². The highest BCUT2D eigenvalue weighted by atomic mass is 16.4. The second-order valence-electron chi connectivity index (χ2n) is 3.32. The van der Waals surface area contributed by atoms with Crippen LogP contribution in [0.15, 0.2) is 30.6 Å². The highest BCUT2D eigenvalue weighted by molar-refractivity contribution is 5.87. The number of hydrogen-bond donors (Lipinski definition) is 1. The average Bonchev–Trinajstić information content (AvgIpc) is 2.77. The number of aryl methyl sites for hydroxylation is 1. The van der Waals surface area contributed by atoms with Crippen LogP contribution in [0.1, 0.15) is 23.1 Å². The van der Waals surface area contributed by atoms with E-state index in [1.807, 2.05) is 11.5 Å². The zero-order valence-corrected chi connectivity index (χ0v) is 8.79. The maximum atomic E-state index is 10.7. The summed E-state index contributed by atoms with van der Waals surface area (Å²) in [6, 6.07) is 6.62. The number of hydrogen-bond acceptors (Lipinski definition) is 3. The summed E-state index contributed by atoms with van der Waals surface area (Å²) in [5, 5.41) is 16.6. The summed E-state index contributed by atoms with van der Waals surface area (Å²) in [7, 11) is 0. The molecule has 0 amide bonds. The second kappa shape index (κ2) is 4.14. The van der Waals surface area contributed by atoms with Crippen molar-refractivity contribution in [2.75, 3.05) is 0 Å². The van der Waals surface area contributed by atoms with Gasteiger partial charge < -0.3 is 5.11 Å². The number of aromatic nitrogens is 3. The Hall–Kier alpha value is -2.17. The Morgan fingerprint density at radius 1 is 1.38 bits per heavy atom. The largest absolute Gasteiger partial charge is 0.478 e. The monoisotopic (exact) mass is 217 g/mol. The number of carboxylic acid groups (broad SMARTS) is 1. The standard InChI is InChI=1S/C11H11N3O2/c1-2-10-13-12-7-14(10)9-5-3-8(4-6-9)11(15)16/h3-7H,2H2,1H3,(H,15,16). The van der Waals surface area contributed by atoms with Crippen molar-refractivity contribution in [1.82, 2.24) is 14.8 Å². The third-order valence-electron chi connectivity index (χ3n) is 2.33. The molecule has 2 rings (SSSR count). The number of benzene rings is 1. The molecule has 1 heterocycles. The van der Waals surface area contributed by atoms with Crippen LogP contribution in [0, 0.1) is 0 Å². The van der Waals surface area contributed by atoms with E-state index in [4.69, 9.17) is 5.11 Å². The predicted molar refractivity (Wildman–Crippen MR) is 57.7 cm³/mol. The Morgan fingerprint density at radius 2 is 2.06 bits per heavy atom. The fourth-order valence-electron chi connectivity index (χ4n) is 1.48. The van der Waals surface area contributed by atoms with Gasteiger partial charge in [0.2, 0.25) is 0 Å². The molecule has 1 aromatic carbocycles. The lowest BCUT2D eigenvalue weighted by molar-refractivity contribution is 0.0697. The molecule has 16 heavy (non-hydrogen) atoms. The number of carboxylic acids is 1. The van der Waals surface area contributed by atoms with Gasteiger partial charge in [0.1, 0.15) is 12.2 Å². The molecule has 0 radical (unpaired) electrons. The fourth-order valence-corrected chi connectivity index (χ4v) is 1.48. The van der Waals surface area contributed by atoms with Crippen LogP contribution >= 0.6 is 0 Å². The molecule has 1 aromatic heterocycles. The first-order valence-electron chi connectivity index (χ1n) is 4.95. The molecule has 0 unspecified atom stereocenters. The van der Waals surface area contributed by atoms with Crippen molar-refractivity contribution in [1.29, 1.82) is 0 Å². The smallest absolute Gasteiger partial charge is 0.335 e. The summed E-state index contributed by atoms with van der Waals surface area (Å²) in [6.45, 7) is 1.99. The van der Waals surface area contributed by atoms with Crippen molar-refractivity contribution in [2.45, 2.75) is 13.3 Å². The number of carbonyl (C=O) groups is 1. The van der Waals surface area contributed by atoms with Crippen LogP contribution in [0.2, 0.25) is 0 Å². The third kappa shape index (κ3) is 1.79. The van der Waals surface area contributed by atoms with Crippen LogP contribution in [0.5, 0.6) is 0 Å². The molecule has 0 bridgehead atoms. The summed E-state index contributed by atoms with van der Waals surface area (Å²) in [4.78, 5) is 10.7. The van der Waals surface area contributed by atoms with E-state index in [0.717, 1.165) is 17.9 Å². The molecule has 0 saturated carbocycles. The molecule has 0 aliphatic carbocycles. The molecular weight excluding hydrogens is 206 g/mol. The van der Waals surface area contributed by atoms with Gasteiger partial charge in [0, 0.05) is 12.1 Å². The molecule has 0 fully saturated rings. The minimum Gasteiger partial charge on any atom is -0.478 e. The molecule has 0 atom stereocenters. The summed E-state index contributed by atoms with van der Waals surface area (Å²) in [5.74, 6) is -0.0749. The van der Waals surface area contributed by atoms with Crippen LogP contribution in [-0.2, 0) is 6.42 Å². The maximum absolute atomic E-state index is 10.7. The molecule has 5 heteroatoms. The Kier molecular flexibility index (Phi) is 2.68. The Labute approximate surface area is 92.4 Å². The van der Waals surface area contributed by atoms with E-state index >= 15 is 0 Å². The van der Waals surface area contributed by atoms with Crippen LogP contribution in [0.4, 0.5) is 0 Å². The van der Waals surface area contributed by atoms with Crippen LogP contribution in [-0.4, -0.2) is 25.8 Å². The number of nitrogens with zero attached hydrogens (tertiary/aromatic N) is 3. The first-order chi connectivity index (χ1) is 7.72. The molecule has 5 nitrogen and oxygen atoms in total. The summed E-state index contributed by atoms with van der Waals surface area (Å²) >= 11 is 0. The zero-order valence-electron chi connectivity index (χ0n) is 8.79. The molecule has 2 aromatic rings. The first-order valence-corrected chi connectivity index (χ1v) is 4.95. The van der Waals surface area contributed by atoms with E-state index < -0.39 is 5.97 Å². The molecule has 1 N–H and O–H groups in total. The van der Waals surface area contributed by atoms with E-state index in [0.29, 0.717) is 0 Å². The first kappa shape index (κ1) is 10.4. The Morgan fingerprint density at radius 3 is 2.62 bits per heavy atom. The minimum absolute atomic E-state index is 0.273. The Bertz CT molecular complexity index is 502. The average molecular weight is 217 g/mol. The maximum Gasteiger partial charge on any atom is 0.335 e. The SMILES string of the molecule is CCc1nncn1-c1ccc(C(=O)O)cc1. The van der Waals surface area contributed by atoms with Gasteiger partial charge >= 0.3 is 5.97 Å². The predicted octanol–water partition coefficient (Wildman–Crippen LogP) is 1.53.